The summed E-state index contributed by atoms with van der Waals surface area (Å²) in [6.07, 6.45) is 0. The Kier molecular flexibility index (Phi) is 4.71. The van der Waals surface area contributed by atoms with Crippen molar-refractivity contribution in [1.82, 2.24) is 0 Å². The summed E-state index contributed by atoms with van der Waals surface area (Å²) in [5.41, 5.74) is 1.48. The monoisotopic (exact) mass is 362 g/mol. The maximum Gasteiger partial charge on any atom is 0.165 e. The molecule has 100 valence electrons. The fourth-order valence-corrected chi connectivity index (χ4v) is 3.10. The van der Waals surface area contributed by atoms with Gasteiger partial charge in [0.1, 0.15) is 0 Å². The second kappa shape index (κ2) is 6.12. The van der Waals surface area contributed by atoms with Crippen LogP contribution >= 0.6 is 39.1 Å². The number of rotatable bonds is 3. The van der Waals surface area contributed by atoms with Crippen molar-refractivity contribution in [2.45, 2.75) is 5.38 Å². The van der Waals surface area contributed by atoms with Crippen LogP contribution in [0.5, 0.6) is 5.75 Å². The molecule has 2 aromatic rings. The summed E-state index contributed by atoms with van der Waals surface area (Å²) in [6.45, 7) is 0. The molecule has 0 radical (unpaired) electrons. The molecule has 0 N–H and O–H groups in total. The zero-order chi connectivity index (χ0) is 14.0. The van der Waals surface area contributed by atoms with Crippen LogP contribution in [0.2, 0.25) is 5.02 Å². The molecule has 0 bridgehead atoms. The van der Waals surface area contributed by atoms with Gasteiger partial charge in [0, 0.05) is 9.50 Å². The topological polar surface area (TPSA) is 9.23 Å². The van der Waals surface area contributed by atoms with Gasteiger partial charge in [0.25, 0.3) is 0 Å². The van der Waals surface area contributed by atoms with E-state index in [1.165, 1.54) is 13.2 Å². The SMILES string of the molecule is COc1ccc(C(Cl)c2ccc(Cl)cc2Br)cc1F. The van der Waals surface area contributed by atoms with E-state index in [0.717, 1.165) is 10.0 Å². The van der Waals surface area contributed by atoms with E-state index in [-0.39, 0.29) is 5.75 Å². The Morgan fingerprint density at radius 1 is 1.21 bits per heavy atom. The molecule has 0 aliphatic rings. The van der Waals surface area contributed by atoms with Gasteiger partial charge in [-0.2, -0.15) is 0 Å². The van der Waals surface area contributed by atoms with Gasteiger partial charge in [-0.25, -0.2) is 4.39 Å². The number of halogens is 4. The molecule has 1 nitrogen and oxygen atoms in total. The van der Waals surface area contributed by atoms with Gasteiger partial charge in [-0.15, -0.1) is 11.6 Å². The van der Waals surface area contributed by atoms with Crippen LogP contribution in [0.1, 0.15) is 16.5 Å². The summed E-state index contributed by atoms with van der Waals surface area (Å²) < 4.78 is 19.3. The lowest BCUT2D eigenvalue weighted by Crippen LogP contribution is -1.97. The first kappa shape index (κ1) is 14.6. The molecule has 0 aliphatic heterocycles. The van der Waals surface area contributed by atoms with E-state index in [9.17, 15) is 4.39 Å². The highest BCUT2D eigenvalue weighted by atomic mass is 79.9. The molecule has 1 unspecified atom stereocenters. The molecular weight excluding hydrogens is 354 g/mol. The molecule has 5 heteroatoms. The molecule has 0 aromatic heterocycles. The lowest BCUT2D eigenvalue weighted by molar-refractivity contribution is 0.386. The lowest BCUT2D eigenvalue weighted by Gasteiger charge is -2.13. The van der Waals surface area contributed by atoms with E-state index in [1.807, 2.05) is 6.07 Å². The smallest absolute Gasteiger partial charge is 0.165 e. The molecule has 19 heavy (non-hydrogen) atoms. The molecule has 0 amide bonds. The van der Waals surface area contributed by atoms with Crippen LogP contribution in [-0.2, 0) is 0 Å². The van der Waals surface area contributed by atoms with Crippen molar-refractivity contribution in [1.29, 1.82) is 0 Å². The number of benzene rings is 2. The zero-order valence-electron chi connectivity index (χ0n) is 9.96. The highest BCUT2D eigenvalue weighted by Crippen LogP contribution is 2.36. The third kappa shape index (κ3) is 3.22. The Labute approximate surface area is 129 Å². The molecule has 2 aromatic carbocycles. The van der Waals surface area contributed by atoms with Crippen LogP contribution in [0.4, 0.5) is 4.39 Å². The predicted octanol–water partition coefficient (Wildman–Crippen LogP) is 5.58. The van der Waals surface area contributed by atoms with Crippen molar-refractivity contribution in [2.24, 2.45) is 0 Å². The number of hydrogen-bond donors (Lipinski definition) is 0. The highest BCUT2D eigenvalue weighted by Gasteiger charge is 2.16. The number of methoxy groups -OCH3 is 1. The Morgan fingerprint density at radius 3 is 2.53 bits per heavy atom. The van der Waals surface area contributed by atoms with Crippen LogP contribution in [-0.4, -0.2) is 7.11 Å². The molecule has 0 aliphatic carbocycles. The number of ether oxygens (including phenoxy) is 1. The zero-order valence-corrected chi connectivity index (χ0v) is 13.1. The van der Waals surface area contributed by atoms with Crippen LogP contribution in [0.25, 0.3) is 0 Å². The van der Waals surface area contributed by atoms with E-state index in [4.69, 9.17) is 27.9 Å². The first-order valence-electron chi connectivity index (χ1n) is 5.45. The van der Waals surface area contributed by atoms with Gasteiger partial charge in [-0.1, -0.05) is 39.7 Å². The van der Waals surface area contributed by atoms with Gasteiger partial charge >= 0.3 is 0 Å². The normalized spacial score (nSPS) is 12.3. The minimum absolute atomic E-state index is 0.197. The fourth-order valence-electron chi connectivity index (χ4n) is 1.73. The van der Waals surface area contributed by atoms with Crippen LogP contribution in [0.3, 0.4) is 0 Å². The van der Waals surface area contributed by atoms with E-state index in [0.29, 0.717) is 10.6 Å². The molecule has 2 rings (SSSR count). The summed E-state index contributed by atoms with van der Waals surface area (Å²) in [4.78, 5) is 0. The number of alkyl halides is 1. The standard InChI is InChI=1S/C14H10BrCl2FO/c1-19-13-5-2-8(6-12(13)18)14(17)10-4-3-9(16)7-11(10)15/h2-7,14H,1H3. The van der Waals surface area contributed by atoms with Gasteiger partial charge in [-0.3, -0.25) is 0 Å². The lowest BCUT2D eigenvalue weighted by atomic mass is 10.0. The summed E-state index contributed by atoms with van der Waals surface area (Å²) >= 11 is 15.7. The minimum Gasteiger partial charge on any atom is -0.494 e. The van der Waals surface area contributed by atoms with Crippen molar-refractivity contribution >= 4 is 39.1 Å². The van der Waals surface area contributed by atoms with Crippen molar-refractivity contribution in [3.8, 4) is 5.75 Å². The predicted molar refractivity (Wildman–Crippen MR) is 79.8 cm³/mol. The molecule has 0 fully saturated rings. The van der Waals surface area contributed by atoms with Crippen LogP contribution in [0, 0.1) is 5.82 Å². The van der Waals surface area contributed by atoms with Gasteiger partial charge in [0.15, 0.2) is 11.6 Å². The molecule has 1 atom stereocenters. The maximum absolute atomic E-state index is 13.7. The average molecular weight is 364 g/mol. The second-order valence-corrected chi connectivity index (χ2v) is 5.65. The van der Waals surface area contributed by atoms with Gasteiger partial charge < -0.3 is 4.74 Å². The maximum atomic E-state index is 13.7. The Hall–Kier alpha value is -0.770. The van der Waals surface area contributed by atoms with Crippen molar-refractivity contribution in [3.05, 3.63) is 62.8 Å². The van der Waals surface area contributed by atoms with Gasteiger partial charge in [-0.05, 0) is 35.4 Å². The first-order valence-corrected chi connectivity index (χ1v) is 7.06. The molecule has 0 saturated carbocycles. The average Bonchev–Trinajstić information content (AvgIpc) is 2.38. The van der Waals surface area contributed by atoms with Crippen LogP contribution in [0.15, 0.2) is 40.9 Å². The first-order chi connectivity index (χ1) is 9.02. The second-order valence-electron chi connectivity index (χ2n) is 3.92. The summed E-state index contributed by atoms with van der Waals surface area (Å²) in [5, 5.41) is 0.146. The Balaban J connectivity index is 2.38. The molecular formula is C14H10BrCl2FO. The molecule has 0 saturated heterocycles. The van der Waals surface area contributed by atoms with Gasteiger partial charge in [0.05, 0.1) is 12.5 Å². The van der Waals surface area contributed by atoms with Crippen LogP contribution < -0.4 is 4.74 Å². The molecule has 0 spiro atoms. The van der Waals surface area contributed by atoms with E-state index < -0.39 is 11.2 Å². The van der Waals surface area contributed by atoms with E-state index >= 15 is 0 Å². The molecule has 0 heterocycles. The van der Waals surface area contributed by atoms with Crippen molar-refractivity contribution in [3.63, 3.8) is 0 Å². The highest BCUT2D eigenvalue weighted by molar-refractivity contribution is 9.10. The van der Waals surface area contributed by atoms with E-state index in [2.05, 4.69) is 15.9 Å². The summed E-state index contributed by atoms with van der Waals surface area (Å²) in [6, 6.07) is 9.98. The van der Waals surface area contributed by atoms with Crippen molar-refractivity contribution in [2.75, 3.05) is 7.11 Å². The van der Waals surface area contributed by atoms with Crippen molar-refractivity contribution < 1.29 is 9.13 Å². The Morgan fingerprint density at radius 2 is 1.95 bits per heavy atom. The third-order valence-corrected chi connectivity index (χ3v) is 4.11. The Bertz CT molecular complexity index is 604. The van der Waals surface area contributed by atoms with E-state index in [1.54, 1.807) is 24.3 Å². The summed E-state index contributed by atoms with van der Waals surface area (Å²) in [5.74, 6) is -0.237. The third-order valence-electron chi connectivity index (χ3n) is 2.70. The largest absolute Gasteiger partial charge is 0.494 e. The number of hydrogen-bond acceptors (Lipinski definition) is 1. The quantitative estimate of drug-likeness (QED) is 0.647. The minimum atomic E-state index is -0.466. The summed E-state index contributed by atoms with van der Waals surface area (Å²) in [7, 11) is 1.42. The fraction of sp³-hybridized carbons (Fsp3) is 0.143. The van der Waals surface area contributed by atoms with Gasteiger partial charge in [0.2, 0.25) is 0 Å².